The van der Waals surface area contributed by atoms with Gasteiger partial charge in [0.05, 0.1) is 12.6 Å². The Kier molecular flexibility index (Phi) is 5.24. The lowest BCUT2D eigenvalue weighted by Crippen LogP contribution is -2.52. The van der Waals surface area contributed by atoms with Gasteiger partial charge >= 0.3 is 0 Å². The van der Waals surface area contributed by atoms with Crippen LogP contribution in [0.25, 0.3) is 0 Å². The second kappa shape index (κ2) is 7.57. The van der Waals surface area contributed by atoms with Crippen LogP contribution in [0.2, 0.25) is 0 Å². The monoisotopic (exact) mass is 340 g/mol. The molecule has 2 aromatic carbocycles. The number of amides is 1. The number of carbonyl (C=O) groups is 1. The van der Waals surface area contributed by atoms with Gasteiger partial charge in [0.25, 0.3) is 0 Å². The molecule has 0 bridgehead atoms. The lowest BCUT2D eigenvalue weighted by Gasteiger charge is -2.31. The number of nitrogens with two attached hydrogens (primary N) is 1. The zero-order chi connectivity index (χ0) is 17.7. The van der Waals surface area contributed by atoms with Crippen LogP contribution in [-0.2, 0) is 4.79 Å². The second-order valence-corrected chi connectivity index (χ2v) is 6.45. The number of nitrogens with one attached hydrogen (secondary N) is 1. The van der Waals surface area contributed by atoms with Crippen molar-refractivity contribution in [3.63, 3.8) is 0 Å². The third-order valence-electron chi connectivity index (χ3n) is 4.61. The van der Waals surface area contributed by atoms with Crippen LogP contribution < -0.4 is 20.5 Å². The van der Waals surface area contributed by atoms with Gasteiger partial charge in [0.15, 0.2) is 11.5 Å². The molecule has 1 aliphatic rings. The molecule has 0 unspecified atom stereocenters. The fourth-order valence-electron chi connectivity index (χ4n) is 3.10. The van der Waals surface area contributed by atoms with E-state index in [1.807, 2.05) is 48.5 Å². The summed E-state index contributed by atoms with van der Waals surface area (Å²) in [6, 6.07) is 14.7. The van der Waals surface area contributed by atoms with Gasteiger partial charge < -0.3 is 20.5 Å². The predicted molar refractivity (Wildman–Crippen MR) is 98.1 cm³/mol. The molecule has 5 nitrogen and oxygen atoms in total. The molecule has 0 aliphatic heterocycles. The summed E-state index contributed by atoms with van der Waals surface area (Å²) in [5.41, 5.74) is 6.23. The Bertz CT molecular complexity index is 722. The van der Waals surface area contributed by atoms with Gasteiger partial charge in [-0.05, 0) is 49.2 Å². The topological polar surface area (TPSA) is 73.6 Å². The van der Waals surface area contributed by atoms with E-state index in [1.54, 1.807) is 7.11 Å². The average molecular weight is 340 g/mol. The maximum absolute atomic E-state index is 12.5. The zero-order valence-corrected chi connectivity index (χ0v) is 14.5. The minimum atomic E-state index is -0.745. The number of methoxy groups -OCH3 is 1. The van der Waals surface area contributed by atoms with E-state index in [2.05, 4.69) is 5.32 Å². The highest BCUT2D eigenvalue weighted by Crippen LogP contribution is 2.32. The molecular formula is C20H24N2O3. The van der Waals surface area contributed by atoms with Gasteiger partial charge in [0.1, 0.15) is 5.75 Å². The first-order valence-corrected chi connectivity index (χ1v) is 8.62. The van der Waals surface area contributed by atoms with Crippen molar-refractivity contribution in [1.29, 1.82) is 0 Å². The number of hydrogen-bond acceptors (Lipinski definition) is 4. The molecule has 1 fully saturated rings. The van der Waals surface area contributed by atoms with Crippen LogP contribution in [0.4, 0.5) is 5.69 Å². The number of rotatable bonds is 5. The van der Waals surface area contributed by atoms with Gasteiger partial charge in [-0.3, -0.25) is 4.79 Å². The number of hydrogen-bond donors (Lipinski definition) is 2. The number of benzene rings is 2. The van der Waals surface area contributed by atoms with Crippen LogP contribution in [0.15, 0.2) is 48.5 Å². The summed E-state index contributed by atoms with van der Waals surface area (Å²) in [7, 11) is 1.61. The van der Waals surface area contributed by atoms with E-state index < -0.39 is 5.54 Å². The second-order valence-electron chi connectivity index (χ2n) is 6.45. The number of ether oxygens (including phenoxy) is 2. The Morgan fingerprint density at radius 3 is 2.28 bits per heavy atom. The van der Waals surface area contributed by atoms with Gasteiger partial charge in [0, 0.05) is 5.69 Å². The summed E-state index contributed by atoms with van der Waals surface area (Å²) >= 11 is 0. The molecule has 1 saturated carbocycles. The molecule has 25 heavy (non-hydrogen) atoms. The molecule has 0 aromatic heterocycles. The Hall–Kier alpha value is -2.53. The summed E-state index contributed by atoms with van der Waals surface area (Å²) in [6.45, 7) is 0. The molecule has 3 N–H and O–H groups in total. The van der Waals surface area contributed by atoms with Crippen molar-refractivity contribution in [2.45, 2.75) is 37.6 Å². The van der Waals surface area contributed by atoms with Crippen LogP contribution in [0, 0.1) is 0 Å². The standard InChI is InChI=1S/C20H24N2O3/c1-24-17-7-3-4-8-18(17)25-16-11-9-15(10-12-16)22-19(23)20(21)13-5-2-6-14-20/h3-4,7-12H,2,5-6,13-14,21H2,1H3,(H,22,23). The van der Waals surface area contributed by atoms with Crippen LogP contribution in [-0.4, -0.2) is 18.6 Å². The van der Waals surface area contributed by atoms with Gasteiger partial charge in [-0.2, -0.15) is 0 Å². The van der Waals surface area contributed by atoms with Gasteiger partial charge in [-0.15, -0.1) is 0 Å². The van der Waals surface area contributed by atoms with Crippen LogP contribution in [0.5, 0.6) is 17.2 Å². The van der Waals surface area contributed by atoms with E-state index in [1.165, 1.54) is 0 Å². The van der Waals surface area contributed by atoms with Crippen molar-refractivity contribution >= 4 is 11.6 Å². The minimum Gasteiger partial charge on any atom is -0.493 e. The van der Waals surface area contributed by atoms with Gasteiger partial charge in [0.2, 0.25) is 5.91 Å². The maximum Gasteiger partial charge on any atom is 0.244 e. The Morgan fingerprint density at radius 1 is 1.00 bits per heavy atom. The van der Waals surface area contributed by atoms with Crippen molar-refractivity contribution in [2.24, 2.45) is 5.73 Å². The highest BCUT2D eigenvalue weighted by molar-refractivity contribution is 5.98. The number of para-hydroxylation sites is 2. The van der Waals surface area contributed by atoms with Crippen molar-refractivity contribution in [3.05, 3.63) is 48.5 Å². The van der Waals surface area contributed by atoms with E-state index >= 15 is 0 Å². The van der Waals surface area contributed by atoms with Crippen LogP contribution in [0.3, 0.4) is 0 Å². The molecule has 0 atom stereocenters. The van der Waals surface area contributed by atoms with Crippen molar-refractivity contribution in [1.82, 2.24) is 0 Å². The molecule has 0 heterocycles. The third-order valence-corrected chi connectivity index (χ3v) is 4.61. The molecule has 1 aliphatic carbocycles. The first-order valence-electron chi connectivity index (χ1n) is 8.62. The first-order chi connectivity index (χ1) is 12.1. The van der Waals surface area contributed by atoms with Gasteiger partial charge in [-0.25, -0.2) is 0 Å². The quantitative estimate of drug-likeness (QED) is 0.860. The molecule has 3 rings (SSSR count). The Labute approximate surface area is 148 Å². The Morgan fingerprint density at radius 2 is 1.64 bits per heavy atom. The van der Waals surface area contributed by atoms with E-state index in [0.717, 1.165) is 32.1 Å². The highest BCUT2D eigenvalue weighted by atomic mass is 16.5. The summed E-state index contributed by atoms with van der Waals surface area (Å²) in [5.74, 6) is 1.88. The Balaban J connectivity index is 1.65. The molecule has 0 saturated heterocycles. The van der Waals surface area contributed by atoms with E-state index in [9.17, 15) is 4.79 Å². The first kappa shape index (κ1) is 17.3. The van der Waals surface area contributed by atoms with Crippen molar-refractivity contribution in [3.8, 4) is 17.2 Å². The average Bonchev–Trinajstić information content (AvgIpc) is 2.64. The normalized spacial score (nSPS) is 16.1. The molecule has 132 valence electrons. The maximum atomic E-state index is 12.5. The summed E-state index contributed by atoms with van der Waals surface area (Å²) < 4.78 is 11.1. The van der Waals surface area contributed by atoms with E-state index in [4.69, 9.17) is 15.2 Å². The van der Waals surface area contributed by atoms with Crippen LogP contribution >= 0.6 is 0 Å². The fourth-order valence-corrected chi connectivity index (χ4v) is 3.10. The lowest BCUT2D eigenvalue weighted by molar-refractivity contribution is -0.122. The summed E-state index contributed by atoms with van der Waals surface area (Å²) in [6.07, 6.45) is 4.66. The fraction of sp³-hybridized carbons (Fsp3) is 0.350. The SMILES string of the molecule is COc1ccccc1Oc1ccc(NC(=O)C2(N)CCCCC2)cc1. The molecule has 0 spiro atoms. The van der Waals surface area contributed by atoms with Crippen molar-refractivity contribution < 1.29 is 14.3 Å². The third kappa shape index (κ3) is 4.12. The number of anilines is 1. The lowest BCUT2D eigenvalue weighted by atomic mass is 9.82. The largest absolute Gasteiger partial charge is 0.493 e. The zero-order valence-electron chi connectivity index (χ0n) is 14.5. The molecule has 5 heteroatoms. The van der Waals surface area contributed by atoms with E-state index in [-0.39, 0.29) is 5.91 Å². The van der Waals surface area contributed by atoms with Gasteiger partial charge in [-0.1, -0.05) is 31.4 Å². The van der Waals surface area contributed by atoms with Crippen LogP contribution in [0.1, 0.15) is 32.1 Å². The summed E-state index contributed by atoms with van der Waals surface area (Å²) in [5, 5.41) is 2.92. The predicted octanol–water partition coefficient (Wildman–Crippen LogP) is 4.09. The van der Waals surface area contributed by atoms with E-state index in [0.29, 0.717) is 22.9 Å². The summed E-state index contributed by atoms with van der Waals surface area (Å²) in [4.78, 5) is 12.5. The highest BCUT2D eigenvalue weighted by Gasteiger charge is 2.35. The van der Waals surface area contributed by atoms with Crippen molar-refractivity contribution in [2.75, 3.05) is 12.4 Å². The smallest absolute Gasteiger partial charge is 0.244 e. The minimum absolute atomic E-state index is 0.106. The molecule has 2 aromatic rings. The number of carbonyl (C=O) groups excluding carboxylic acids is 1. The molecule has 0 radical (unpaired) electrons. The molecular weight excluding hydrogens is 316 g/mol. The molecule has 1 amide bonds.